The fourth-order valence-electron chi connectivity index (χ4n) is 2.80. The van der Waals surface area contributed by atoms with Crippen LogP contribution in [-0.4, -0.2) is 16.6 Å². The Balaban J connectivity index is 2.01. The molecule has 3 rings (SSSR count). The van der Waals surface area contributed by atoms with Gasteiger partial charge in [-0.05, 0) is 37.2 Å². The molecule has 1 N–H and O–H groups in total. The average Bonchev–Trinajstić information content (AvgIpc) is 2.84. The first-order valence-corrected chi connectivity index (χ1v) is 7.36. The van der Waals surface area contributed by atoms with E-state index in [1.54, 1.807) is 0 Å². The van der Waals surface area contributed by atoms with Gasteiger partial charge >= 0.3 is 0 Å². The molecule has 3 heteroatoms. The molecule has 0 aliphatic carbocycles. The van der Waals surface area contributed by atoms with Gasteiger partial charge in [-0.1, -0.05) is 36.4 Å². The van der Waals surface area contributed by atoms with E-state index in [9.17, 15) is 0 Å². The van der Waals surface area contributed by atoms with Crippen LogP contribution in [0, 0.1) is 0 Å². The Morgan fingerprint density at radius 3 is 2.57 bits per heavy atom. The summed E-state index contributed by atoms with van der Waals surface area (Å²) in [5, 5.41) is 3.32. The molecule has 3 aromatic rings. The van der Waals surface area contributed by atoms with Gasteiger partial charge in [0.1, 0.15) is 5.82 Å². The second-order valence-electron chi connectivity index (χ2n) is 5.46. The van der Waals surface area contributed by atoms with E-state index in [-0.39, 0.29) is 0 Å². The number of para-hydroxylation sites is 2. The van der Waals surface area contributed by atoms with Crippen LogP contribution in [-0.2, 0) is 13.5 Å². The van der Waals surface area contributed by atoms with Crippen LogP contribution >= 0.6 is 0 Å². The Morgan fingerprint density at radius 1 is 1.10 bits per heavy atom. The number of imidazole rings is 1. The number of aryl methyl sites for hydroxylation is 1. The summed E-state index contributed by atoms with van der Waals surface area (Å²) in [6.45, 7) is 2.19. The Morgan fingerprint density at radius 2 is 1.81 bits per heavy atom. The summed E-state index contributed by atoms with van der Waals surface area (Å²) in [7, 11) is 4.09. The molecule has 108 valence electrons. The molecule has 1 unspecified atom stereocenters. The van der Waals surface area contributed by atoms with Gasteiger partial charge in [-0.3, -0.25) is 0 Å². The molecule has 1 atom stereocenters. The number of hydrogen-bond donors (Lipinski definition) is 1. The number of nitrogens with zero attached hydrogens (tertiary/aromatic N) is 2. The van der Waals surface area contributed by atoms with Crippen LogP contribution in [0.15, 0.2) is 48.5 Å². The van der Waals surface area contributed by atoms with Crippen molar-refractivity contribution in [2.75, 3.05) is 7.05 Å². The highest BCUT2D eigenvalue weighted by atomic mass is 15.1. The minimum absolute atomic E-state index is 0.343. The molecule has 0 fully saturated rings. The minimum Gasteiger partial charge on any atom is -0.331 e. The first-order valence-electron chi connectivity index (χ1n) is 7.36. The van der Waals surface area contributed by atoms with Crippen molar-refractivity contribution in [3.63, 3.8) is 0 Å². The van der Waals surface area contributed by atoms with Crippen molar-refractivity contribution in [1.29, 1.82) is 0 Å². The van der Waals surface area contributed by atoms with Gasteiger partial charge in [0.05, 0.1) is 11.0 Å². The zero-order chi connectivity index (χ0) is 14.8. The van der Waals surface area contributed by atoms with Gasteiger partial charge < -0.3 is 9.88 Å². The third-order valence-electron chi connectivity index (χ3n) is 4.18. The highest BCUT2D eigenvalue weighted by Crippen LogP contribution is 2.22. The van der Waals surface area contributed by atoms with E-state index in [0.29, 0.717) is 6.04 Å². The standard InChI is InChI=1S/C18H21N3/c1-13(19-2)15-9-5-4-8-14(15)12-18-20-16-10-6-7-11-17(16)21(18)3/h4-11,13,19H,12H2,1-3H3. The topological polar surface area (TPSA) is 29.9 Å². The smallest absolute Gasteiger partial charge is 0.114 e. The molecule has 1 heterocycles. The van der Waals surface area contributed by atoms with E-state index in [4.69, 9.17) is 4.98 Å². The third-order valence-corrected chi connectivity index (χ3v) is 4.18. The van der Waals surface area contributed by atoms with E-state index in [2.05, 4.69) is 66.3 Å². The fraction of sp³-hybridized carbons (Fsp3) is 0.278. The van der Waals surface area contributed by atoms with Crippen LogP contribution in [0.3, 0.4) is 0 Å². The number of fused-ring (bicyclic) bond motifs is 1. The van der Waals surface area contributed by atoms with Crippen LogP contribution in [0.25, 0.3) is 11.0 Å². The summed E-state index contributed by atoms with van der Waals surface area (Å²) in [6, 6.07) is 17.2. The Hall–Kier alpha value is -2.13. The van der Waals surface area contributed by atoms with Gasteiger partial charge in [0, 0.05) is 19.5 Å². The zero-order valence-electron chi connectivity index (χ0n) is 12.8. The molecule has 0 spiro atoms. The molecule has 21 heavy (non-hydrogen) atoms. The predicted molar refractivity (Wildman–Crippen MR) is 87.4 cm³/mol. The second kappa shape index (κ2) is 5.70. The summed E-state index contributed by atoms with van der Waals surface area (Å²) in [6.07, 6.45) is 0.855. The molecule has 2 aromatic carbocycles. The summed E-state index contributed by atoms with van der Waals surface area (Å²) in [5.41, 5.74) is 4.92. The van der Waals surface area contributed by atoms with Crippen LogP contribution in [0.5, 0.6) is 0 Å². The molecule has 0 aliphatic rings. The van der Waals surface area contributed by atoms with Gasteiger partial charge in [0.2, 0.25) is 0 Å². The van der Waals surface area contributed by atoms with Gasteiger partial charge in [0.15, 0.2) is 0 Å². The molecule has 1 aromatic heterocycles. The lowest BCUT2D eigenvalue weighted by molar-refractivity contribution is 0.644. The number of nitrogens with one attached hydrogen (secondary N) is 1. The number of rotatable bonds is 4. The monoisotopic (exact) mass is 279 g/mol. The van der Waals surface area contributed by atoms with Gasteiger partial charge in [-0.25, -0.2) is 4.98 Å². The molecule has 0 bridgehead atoms. The molecule has 0 amide bonds. The summed E-state index contributed by atoms with van der Waals surface area (Å²) >= 11 is 0. The van der Waals surface area contributed by atoms with Crippen molar-refractivity contribution in [2.45, 2.75) is 19.4 Å². The summed E-state index contributed by atoms with van der Waals surface area (Å²) < 4.78 is 2.19. The molecule has 0 saturated heterocycles. The molecule has 0 aliphatic heterocycles. The predicted octanol–water partition coefficient (Wildman–Crippen LogP) is 3.44. The van der Waals surface area contributed by atoms with E-state index >= 15 is 0 Å². The van der Waals surface area contributed by atoms with E-state index in [1.165, 1.54) is 16.6 Å². The average molecular weight is 279 g/mol. The number of aromatic nitrogens is 2. The van der Waals surface area contributed by atoms with Gasteiger partial charge in [0.25, 0.3) is 0 Å². The highest BCUT2D eigenvalue weighted by molar-refractivity contribution is 5.75. The first kappa shape index (κ1) is 13.8. The number of hydrogen-bond acceptors (Lipinski definition) is 2. The maximum atomic E-state index is 4.78. The molecular formula is C18H21N3. The van der Waals surface area contributed by atoms with Crippen LogP contribution in [0.4, 0.5) is 0 Å². The van der Waals surface area contributed by atoms with Crippen molar-refractivity contribution in [3.05, 3.63) is 65.5 Å². The van der Waals surface area contributed by atoms with Gasteiger partial charge in [-0.15, -0.1) is 0 Å². The first-order chi connectivity index (χ1) is 10.2. The molecule has 0 saturated carbocycles. The maximum absolute atomic E-state index is 4.78. The lowest BCUT2D eigenvalue weighted by Gasteiger charge is -2.15. The van der Waals surface area contributed by atoms with Crippen molar-refractivity contribution >= 4 is 11.0 Å². The number of benzene rings is 2. The lowest BCUT2D eigenvalue weighted by Crippen LogP contribution is -2.15. The van der Waals surface area contributed by atoms with Crippen molar-refractivity contribution in [2.24, 2.45) is 7.05 Å². The van der Waals surface area contributed by atoms with Crippen molar-refractivity contribution in [3.8, 4) is 0 Å². The molecular weight excluding hydrogens is 258 g/mol. The maximum Gasteiger partial charge on any atom is 0.114 e. The van der Waals surface area contributed by atoms with Crippen LogP contribution in [0.1, 0.15) is 29.9 Å². The quantitative estimate of drug-likeness (QED) is 0.793. The Kier molecular flexibility index (Phi) is 3.76. The largest absolute Gasteiger partial charge is 0.331 e. The molecule has 0 radical (unpaired) electrons. The second-order valence-corrected chi connectivity index (χ2v) is 5.46. The summed E-state index contributed by atoms with van der Waals surface area (Å²) in [5.74, 6) is 1.10. The van der Waals surface area contributed by atoms with Crippen molar-refractivity contribution < 1.29 is 0 Å². The Bertz CT molecular complexity index is 758. The summed E-state index contributed by atoms with van der Waals surface area (Å²) in [4.78, 5) is 4.78. The fourth-order valence-corrected chi connectivity index (χ4v) is 2.80. The lowest BCUT2D eigenvalue weighted by atomic mass is 9.99. The Labute approximate surface area is 125 Å². The van der Waals surface area contributed by atoms with Crippen molar-refractivity contribution in [1.82, 2.24) is 14.9 Å². The van der Waals surface area contributed by atoms with E-state index < -0.39 is 0 Å². The van der Waals surface area contributed by atoms with Crippen LogP contribution < -0.4 is 5.32 Å². The SMILES string of the molecule is CNC(C)c1ccccc1Cc1nc2ccccc2n1C. The minimum atomic E-state index is 0.343. The zero-order valence-corrected chi connectivity index (χ0v) is 12.8. The van der Waals surface area contributed by atoms with Gasteiger partial charge in [-0.2, -0.15) is 0 Å². The van der Waals surface area contributed by atoms with Crippen LogP contribution in [0.2, 0.25) is 0 Å². The molecule has 3 nitrogen and oxygen atoms in total. The van der Waals surface area contributed by atoms with E-state index in [1.807, 2.05) is 13.1 Å². The highest BCUT2D eigenvalue weighted by Gasteiger charge is 2.12. The third kappa shape index (κ3) is 2.57. The van der Waals surface area contributed by atoms with E-state index in [0.717, 1.165) is 17.8 Å². The normalized spacial score (nSPS) is 12.7.